The Labute approximate surface area is 148 Å². The Balaban J connectivity index is 1.74. The van der Waals surface area contributed by atoms with Crippen molar-refractivity contribution in [2.45, 2.75) is 13.5 Å². The molecule has 0 saturated heterocycles. The zero-order valence-corrected chi connectivity index (χ0v) is 14.5. The van der Waals surface area contributed by atoms with Crippen molar-refractivity contribution in [1.29, 1.82) is 0 Å². The normalized spacial score (nSPS) is 10.3. The van der Waals surface area contributed by atoms with E-state index in [2.05, 4.69) is 39.2 Å². The highest BCUT2D eigenvalue weighted by molar-refractivity contribution is 5.58. The van der Waals surface area contributed by atoms with Crippen LogP contribution in [-0.2, 0) is 6.54 Å². The summed E-state index contributed by atoms with van der Waals surface area (Å²) < 4.78 is 5.18. The molecule has 25 heavy (non-hydrogen) atoms. The Morgan fingerprint density at radius 2 is 1.76 bits per heavy atom. The number of aromatic nitrogens is 2. The lowest BCUT2D eigenvalue weighted by molar-refractivity contribution is 0.415. The summed E-state index contributed by atoms with van der Waals surface area (Å²) in [4.78, 5) is 11.2. The summed E-state index contributed by atoms with van der Waals surface area (Å²) in [5.74, 6) is 2.31. The first-order valence-electron chi connectivity index (χ1n) is 8.31. The number of benzene rings is 2. The van der Waals surface area contributed by atoms with E-state index in [4.69, 9.17) is 4.74 Å². The molecule has 0 fully saturated rings. The molecule has 5 nitrogen and oxygen atoms in total. The maximum absolute atomic E-state index is 5.18. The van der Waals surface area contributed by atoms with Crippen LogP contribution < -0.4 is 15.0 Å². The largest absolute Gasteiger partial charge is 0.497 e. The van der Waals surface area contributed by atoms with Gasteiger partial charge in [0.2, 0.25) is 5.95 Å². The van der Waals surface area contributed by atoms with Gasteiger partial charge in [-0.15, -0.1) is 0 Å². The Morgan fingerprint density at radius 3 is 2.44 bits per heavy atom. The molecule has 0 unspecified atom stereocenters. The third-order valence-corrected chi connectivity index (χ3v) is 3.89. The minimum atomic E-state index is 0.713. The lowest BCUT2D eigenvalue weighted by Gasteiger charge is -2.21. The zero-order chi connectivity index (χ0) is 17.5. The summed E-state index contributed by atoms with van der Waals surface area (Å²) in [6.07, 6.45) is 1.78. The molecule has 0 radical (unpaired) electrons. The summed E-state index contributed by atoms with van der Waals surface area (Å²) in [6, 6.07) is 20.0. The van der Waals surface area contributed by atoms with E-state index in [1.54, 1.807) is 13.3 Å². The van der Waals surface area contributed by atoms with Crippen LogP contribution in [-0.4, -0.2) is 23.6 Å². The number of hydrogen-bond acceptors (Lipinski definition) is 5. The first-order chi connectivity index (χ1) is 12.3. The molecule has 5 heteroatoms. The highest BCUT2D eigenvalue weighted by Gasteiger charge is 2.09. The van der Waals surface area contributed by atoms with Crippen LogP contribution >= 0.6 is 0 Å². The van der Waals surface area contributed by atoms with E-state index in [1.807, 2.05) is 48.5 Å². The van der Waals surface area contributed by atoms with Crippen molar-refractivity contribution in [3.8, 4) is 5.75 Å². The van der Waals surface area contributed by atoms with Crippen LogP contribution in [0.4, 0.5) is 17.5 Å². The SMILES string of the molecule is CCN(Cc1ccccc1)c1nccc(Nc2ccc(OC)cc2)n1. The van der Waals surface area contributed by atoms with Crippen LogP contribution in [0, 0.1) is 0 Å². The minimum Gasteiger partial charge on any atom is -0.497 e. The second-order valence-electron chi connectivity index (χ2n) is 5.60. The quantitative estimate of drug-likeness (QED) is 0.700. The molecular formula is C20H22N4O. The van der Waals surface area contributed by atoms with Crippen LogP contribution in [0.2, 0.25) is 0 Å². The molecule has 1 heterocycles. The van der Waals surface area contributed by atoms with Crippen molar-refractivity contribution in [2.75, 3.05) is 23.9 Å². The van der Waals surface area contributed by atoms with Gasteiger partial charge < -0.3 is 15.0 Å². The third kappa shape index (κ3) is 4.47. The van der Waals surface area contributed by atoms with Crippen LogP contribution in [0.15, 0.2) is 66.9 Å². The maximum atomic E-state index is 5.18. The molecule has 0 atom stereocenters. The number of nitrogens with one attached hydrogen (secondary N) is 1. The van der Waals surface area contributed by atoms with Gasteiger partial charge in [-0.1, -0.05) is 30.3 Å². The van der Waals surface area contributed by atoms with Crippen LogP contribution in [0.1, 0.15) is 12.5 Å². The van der Waals surface area contributed by atoms with Gasteiger partial charge in [0.1, 0.15) is 11.6 Å². The molecule has 0 aliphatic carbocycles. The monoisotopic (exact) mass is 334 g/mol. The highest BCUT2D eigenvalue weighted by Crippen LogP contribution is 2.20. The molecule has 128 valence electrons. The van der Waals surface area contributed by atoms with Gasteiger partial charge >= 0.3 is 0 Å². The molecule has 2 aromatic carbocycles. The number of methoxy groups -OCH3 is 1. The summed E-state index contributed by atoms with van der Waals surface area (Å²) in [6.45, 7) is 3.72. The van der Waals surface area contributed by atoms with E-state index in [-0.39, 0.29) is 0 Å². The Bertz CT molecular complexity index is 790. The van der Waals surface area contributed by atoms with Gasteiger partial charge in [-0.25, -0.2) is 4.98 Å². The molecular weight excluding hydrogens is 312 g/mol. The topological polar surface area (TPSA) is 50.3 Å². The van der Waals surface area contributed by atoms with Crippen molar-refractivity contribution in [3.63, 3.8) is 0 Å². The maximum Gasteiger partial charge on any atom is 0.227 e. The number of hydrogen-bond donors (Lipinski definition) is 1. The number of anilines is 3. The van der Waals surface area contributed by atoms with Crippen LogP contribution in [0.5, 0.6) is 5.75 Å². The third-order valence-electron chi connectivity index (χ3n) is 3.89. The van der Waals surface area contributed by atoms with Gasteiger partial charge in [-0.05, 0) is 42.8 Å². The lowest BCUT2D eigenvalue weighted by atomic mass is 10.2. The van der Waals surface area contributed by atoms with Crippen molar-refractivity contribution in [1.82, 2.24) is 9.97 Å². The molecule has 0 amide bonds. The van der Waals surface area contributed by atoms with E-state index in [9.17, 15) is 0 Å². The van der Waals surface area contributed by atoms with Crippen LogP contribution in [0.25, 0.3) is 0 Å². The number of ether oxygens (including phenoxy) is 1. The van der Waals surface area contributed by atoms with Crippen molar-refractivity contribution in [2.24, 2.45) is 0 Å². The van der Waals surface area contributed by atoms with Crippen molar-refractivity contribution < 1.29 is 4.74 Å². The first-order valence-corrected chi connectivity index (χ1v) is 8.31. The summed E-state index contributed by atoms with van der Waals surface area (Å²) in [5, 5.41) is 3.31. The summed E-state index contributed by atoms with van der Waals surface area (Å²) in [7, 11) is 1.66. The molecule has 0 spiro atoms. The molecule has 0 saturated carbocycles. The smallest absolute Gasteiger partial charge is 0.227 e. The molecule has 1 aromatic heterocycles. The summed E-state index contributed by atoms with van der Waals surface area (Å²) in [5.41, 5.74) is 2.19. The predicted molar refractivity (Wildman–Crippen MR) is 101 cm³/mol. The van der Waals surface area contributed by atoms with Crippen LogP contribution in [0.3, 0.4) is 0 Å². The zero-order valence-electron chi connectivity index (χ0n) is 14.5. The molecule has 3 aromatic rings. The fraction of sp³-hybridized carbons (Fsp3) is 0.200. The van der Waals surface area contributed by atoms with Gasteiger partial charge in [-0.3, -0.25) is 0 Å². The van der Waals surface area contributed by atoms with Crippen molar-refractivity contribution in [3.05, 3.63) is 72.4 Å². The lowest BCUT2D eigenvalue weighted by Crippen LogP contribution is -2.24. The fourth-order valence-electron chi connectivity index (χ4n) is 2.52. The highest BCUT2D eigenvalue weighted by atomic mass is 16.5. The first kappa shape index (κ1) is 16.8. The van der Waals surface area contributed by atoms with E-state index in [0.29, 0.717) is 5.95 Å². The van der Waals surface area contributed by atoms with E-state index < -0.39 is 0 Å². The van der Waals surface area contributed by atoms with E-state index >= 15 is 0 Å². The fourth-order valence-corrected chi connectivity index (χ4v) is 2.52. The van der Waals surface area contributed by atoms with E-state index in [1.165, 1.54) is 5.56 Å². The molecule has 1 N–H and O–H groups in total. The average Bonchev–Trinajstić information content (AvgIpc) is 2.68. The predicted octanol–water partition coefficient (Wildman–Crippen LogP) is 4.26. The van der Waals surface area contributed by atoms with Gasteiger partial charge in [0.25, 0.3) is 0 Å². The molecule has 0 bridgehead atoms. The second kappa shape index (κ2) is 8.15. The van der Waals surface area contributed by atoms with Crippen molar-refractivity contribution >= 4 is 17.5 Å². The van der Waals surface area contributed by atoms with Gasteiger partial charge in [0.05, 0.1) is 7.11 Å². The van der Waals surface area contributed by atoms with Gasteiger partial charge in [0, 0.05) is 25.0 Å². The standard InChI is InChI=1S/C20H22N4O/c1-3-24(15-16-7-5-4-6-8-16)20-21-14-13-19(23-20)22-17-9-11-18(25-2)12-10-17/h4-14H,3,15H2,1-2H3,(H,21,22,23). The second-order valence-corrected chi connectivity index (χ2v) is 5.60. The molecule has 3 rings (SSSR count). The Kier molecular flexibility index (Phi) is 5.46. The molecule has 0 aliphatic heterocycles. The Hall–Kier alpha value is -3.08. The van der Waals surface area contributed by atoms with E-state index in [0.717, 1.165) is 30.3 Å². The van der Waals surface area contributed by atoms with Gasteiger partial charge in [-0.2, -0.15) is 4.98 Å². The number of nitrogens with zero attached hydrogens (tertiary/aromatic N) is 3. The van der Waals surface area contributed by atoms with Gasteiger partial charge in [0.15, 0.2) is 0 Å². The number of rotatable bonds is 7. The Morgan fingerprint density at radius 1 is 1.00 bits per heavy atom. The minimum absolute atomic E-state index is 0.713. The molecule has 0 aliphatic rings. The summed E-state index contributed by atoms with van der Waals surface area (Å²) >= 11 is 0. The average molecular weight is 334 g/mol.